The van der Waals surface area contributed by atoms with Gasteiger partial charge in [-0.2, -0.15) is 0 Å². The average molecular weight is 323 g/mol. The largest absolute Gasteiger partial charge is 0.497 e. The summed E-state index contributed by atoms with van der Waals surface area (Å²) in [4.78, 5) is 12.2. The number of nitrogens with one attached hydrogen (secondary N) is 1. The van der Waals surface area contributed by atoms with Gasteiger partial charge in [-0.25, -0.2) is 4.39 Å². The molecule has 120 valence electrons. The minimum Gasteiger partial charge on any atom is -0.497 e. The molecule has 0 bridgehead atoms. The molecule has 0 aromatic heterocycles. The van der Waals surface area contributed by atoms with Crippen LogP contribution in [0.25, 0.3) is 11.1 Å². The van der Waals surface area contributed by atoms with Gasteiger partial charge in [-0.05, 0) is 42.0 Å². The van der Waals surface area contributed by atoms with Crippen molar-refractivity contribution in [3.8, 4) is 5.75 Å². The van der Waals surface area contributed by atoms with Gasteiger partial charge in [-0.15, -0.1) is 0 Å². The number of anilines is 1. The van der Waals surface area contributed by atoms with E-state index in [1.807, 2.05) is 30.3 Å². The number of fused-ring (bicyclic) bond motifs is 1. The standard InChI is InChI=1S/C19H14FNO3/c1-23-14-5-2-11(3-6-14)12-8-17(24-10-12)18-15-7-4-13(20)9-16(15)21-19(18)22/h2-9H,10H2,1H3,(H,21,22)/b18-17+. The second kappa shape index (κ2) is 5.53. The third-order valence-corrected chi connectivity index (χ3v) is 4.12. The minimum absolute atomic E-state index is 0.280. The fraction of sp³-hybridized carbons (Fsp3) is 0.105. The Kier molecular flexibility index (Phi) is 3.34. The smallest absolute Gasteiger partial charge is 0.260 e. The lowest BCUT2D eigenvalue weighted by Gasteiger charge is -2.03. The molecule has 2 aromatic rings. The highest BCUT2D eigenvalue weighted by molar-refractivity contribution is 6.32. The van der Waals surface area contributed by atoms with Gasteiger partial charge >= 0.3 is 0 Å². The average Bonchev–Trinajstić information content (AvgIpc) is 3.18. The minimum atomic E-state index is -0.387. The molecule has 0 unspecified atom stereocenters. The van der Waals surface area contributed by atoms with Gasteiger partial charge in [0.05, 0.1) is 18.4 Å². The number of allylic oxidation sites excluding steroid dienone is 1. The van der Waals surface area contributed by atoms with Gasteiger partial charge in [0, 0.05) is 11.1 Å². The molecule has 24 heavy (non-hydrogen) atoms. The summed E-state index contributed by atoms with van der Waals surface area (Å²) in [5.41, 5.74) is 3.54. The number of carbonyl (C=O) groups is 1. The van der Waals surface area contributed by atoms with Crippen LogP contribution in [-0.4, -0.2) is 19.6 Å². The van der Waals surface area contributed by atoms with Crippen molar-refractivity contribution in [3.05, 3.63) is 71.2 Å². The number of halogens is 1. The topological polar surface area (TPSA) is 47.6 Å². The molecule has 1 N–H and O–H groups in total. The van der Waals surface area contributed by atoms with Gasteiger partial charge in [0.15, 0.2) is 0 Å². The molecule has 4 nitrogen and oxygen atoms in total. The summed E-state index contributed by atoms with van der Waals surface area (Å²) in [7, 11) is 1.62. The zero-order valence-electron chi connectivity index (χ0n) is 12.9. The number of hydrogen-bond donors (Lipinski definition) is 1. The molecule has 2 aliphatic rings. The highest BCUT2D eigenvalue weighted by atomic mass is 19.1. The fourth-order valence-electron chi connectivity index (χ4n) is 2.90. The van der Waals surface area contributed by atoms with Crippen LogP contribution in [0, 0.1) is 5.82 Å². The van der Waals surface area contributed by atoms with Crippen LogP contribution in [-0.2, 0) is 9.53 Å². The number of hydrogen-bond acceptors (Lipinski definition) is 3. The predicted octanol–water partition coefficient (Wildman–Crippen LogP) is 3.61. The number of benzene rings is 2. The number of carbonyl (C=O) groups excluding carboxylic acids is 1. The first kappa shape index (κ1) is 14.5. The molecule has 0 spiro atoms. The third-order valence-electron chi connectivity index (χ3n) is 4.12. The van der Waals surface area contributed by atoms with E-state index in [2.05, 4.69) is 5.32 Å². The maximum absolute atomic E-state index is 13.3. The van der Waals surface area contributed by atoms with Gasteiger partial charge in [-0.3, -0.25) is 4.79 Å². The molecule has 0 aliphatic carbocycles. The molecule has 5 heteroatoms. The number of rotatable bonds is 2. The molecule has 1 amide bonds. The number of ether oxygens (including phenoxy) is 2. The number of methoxy groups -OCH3 is 1. The van der Waals surface area contributed by atoms with Crippen LogP contribution >= 0.6 is 0 Å². The molecule has 4 rings (SSSR count). The van der Waals surface area contributed by atoms with E-state index in [1.54, 1.807) is 13.2 Å². The maximum Gasteiger partial charge on any atom is 0.260 e. The normalized spacial score (nSPS) is 18.8. The van der Waals surface area contributed by atoms with Gasteiger partial charge < -0.3 is 14.8 Å². The van der Waals surface area contributed by atoms with Crippen LogP contribution in [0.4, 0.5) is 10.1 Å². The van der Waals surface area contributed by atoms with Crippen molar-refractivity contribution in [2.24, 2.45) is 0 Å². The van der Waals surface area contributed by atoms with E-state index in [-0.39, 0.29) is 11.7 Å². The molecule has 2 aromatic carbocycles. The van der Waals surface area contributed by atoms with E-state index in [0.717, 1.165) is 16.9 Å². The van der Waals surface area contributed by atoms with Crippen molar-refractivity contribution in [2.45, 2.75) is 0 Å². The Morgan fingerprint density at radius 3 is 2.71 bits per heavy atom. The zero-order valence-corrected chi connectivity index (χ0v) is 12.9. The molecule has 0 atom stereocenters. The Hall–Kier alpha value is -3.08. The first-order chi connectivity index (χ1) is 11.7. The lowest BCUT2D eigenvalue weighted by molar-refractivity contribution is -0.110. The molecular weight excluding hydrogens is 309 g/mol. The van der Waals surface area contributed by atoms with Crippen LogP contribution in [0.2, 0.25) is 0 Å². The highest BCUT2D eigenvalue weighted by Crippen LogP contribution is 2.38. The first-order valence-corrected chi connectivity index (χ1v) is 7.49. The SMILES string of the molecule is COc1ccc(C2=C/C(=C3\C(=O)Nc4cc(F)ccc43)OC2)cc1. The Balaban J connectivity index is 1.74. The van der Waals surface area contributed by atoms with E-state index in [0.29, 0.717) is 29.2 Å². The van der Waals surface area contributed by atoms with Gasteiger partial charge in [0.1, 0.15) is 23.9 Å². The maximum atomic E-state index is 13.3. The third kappa shape index (κ3) is 2.34. The van der Waals surface area contributed by atoms with Crippen LogP contribution in [0.15, 0.2) is 54.3 Å². The lowest BCUT2D eigenvalue weighted by atomic mass is 10.0. The van der Waals surface area contributed by atoms with E-state index in [4.69, 9.17) is 9.47 Å². The second-order valence-electron chi connectivity index (χ2n) is 5.57. The molecule has 0 saturated heterocycles. The molecule has 2 heterocycles. The first-order valence-electron chi connectivity index (χ1n) is 7.49. The van der Waals surface area contributed by atoms with E-state index >= 15 is 0 Å². The summed E-state index contributed by atoms with van der Waals surface area (Å²) >= 11 is 0. The van der Waals surface area contributed by atoms with Crippen molar-refractivity contribution in [1.29, 1.82) is 0 Å². The summed E-state index contributed by atoms with van der Waals surface area (Å²) < 4.78 is 24.2. The van der Waals surface area contributed by atoms with Crippen molar-refractivity contribution in [1.82, 2.24) is 0 Å². The molecule has 0 fully saturated rings. The van der Waals surface area contributed by atoms with Gasteiger partial charge in [0.2, 0.25) is 0 Å². The summed E-state index contributed by atoms with van der Waals surface area (Å²) in [6.45, 7) is 0.384. The van der Waals surface area contributed by atoms with Crippen molar-refractivity contribution in [3.63, 3.8) is 0 Å². The van der Waals surface area contributed by atoms with Crippen LogP contribution < -0.4 is 10.1 Å². The molecule has 2 aliphatic heterocycles. The van der Waals surface area contributed by atoms with E-state index in [1.165, 1.54) is 12.1 Å². The highest BCUT2D eigenvalue weighted by Gasteiger charge is 2.30. The Bertz CT molecular complexity index is 897. The summed E-state index contributed by atoms with van der Waals surface area (Å²) in [5, 5.41) is 2.67. The van der Waals surface area contributed by atoms with Crippen molar-refractivity contribution >= 4 is 22.7 Å². The summed E-state index contributed by atoms with van der Waals surface area (Å²) in [6.07, 6.45) is 1.86. The Morgan fingerprint density at radius 2 is 1.96 bits per heavy atom. The van der Waals surface area contributed by atoms with Crippen molar-refractivity contribution in [2.75, 3.05) is 19.0 Å². The predicted molar refractivity (Wildman–Crippen MR) is 88.9 cm³/mol. The van der Waals surface area contributed by atoms with E-state index in [9.17, 15) is 9.18 Å². The van der Waals surface area contributed by atoms with Gasteiger partial charge in [-0.1, -0.05) is 12.1 Å². The summed E-state index contributed by atoms with van der Waals surface area (Å²) in [6, 6.07) is 11.9. The Morgan fingerprint density at radius 1 is 1.17 bits per heavy atom. The van der Waals surface area contributed by atoms with Crippen molar-refractivity contribution < 1.29 is 18.7 Å². The fourth-order valence-corrected chi connectivity index (χ4v) is 2.90. The molecular formula is C19H14FNO3. The Labute approximate surface area is 138 Å². The number of amides is 1. The monoisotopic (exact) mass is 323 g/mol. The lowest BCUT2D eigenvalue weighted by Crippen LogP contribution is -2.05. The van der Waals surface area contributed by atoms with Crippen LogP contribution in [0.5, 0.6) is 5.75 Å². The van der Waals surface area contributed by atoms with Crippen LogP contribution in [0.3, 0.4) is 0 Å². The zero-order chi connectivity index (χ0) is 16.7. The second-order valence-corrected chi connectivity index (χ2v) is 5.57. The summed E-state index contributed by atoms with van der Waals surface area (Å²) in [5.74, 6) is 0.617. The van der Waals surface area contributed by atoms with E-state index < -0.39 is 0 Å². The van der Waals surface area contributed by atoms with Gasteiger partial charge in [0.25, 0.3) is 5.91 Å². The van der Waals surface area contributed by atoms with Crippen LogP contribution in [0.1, 0.15) is 11.1 Å². The molecule has 0 saturated carbocycles. The quantitative estimate of drug-likeness (QED) is 0.859. The molecule has 0 radical (unpaired) electrons.